The zero-order valence-electron chi connectivity index (χ0n) is 16.8. The van der Waals surface area contributed by atoms with Crippen LogP contribution in [0.15, 0.2) is 24.3 Å². The van der Waals surface area contributed by atoms with E-state index in [9.17, 15) is 24.5 Å². The predicted octanol–water partition coefficient (Wildman–Crippen LogP) is 1.39. The molecule has 1 aliphatic heterocycles. The van der Waals surface area contributed by atoms with E-state index >= 15 is 0 Å². The lowest BCUT2D eigenvalue weighted by molar-refractivity contribution is -0.384. The Hall–Kier alpha value is -3.08. The van der Waals surface area contributed by atoms with Gasteiger partial charge in [0.1, 0.15) is 6.04 Å². The van der Waals surface area contributed by atoms with Crippen molar-refractivity contribution in [2.75, 3.05) is 19.7 Å². The molecule has 0 aromatic heterocycles. The van der Waals surface area contributed by atoms with E-state index in [0.717, 1.165) is 6.07 Å². The van der Waals surface area contributed by atoms with Crippen LogP contribution in [-0.4, -0.2) is 58.5 Å². The molecule has 1 atom stereocenters. The van der Waals surface area contributed by atoms with Gasteiger partial charge in [-0.05, 0) is 30.6 Å². The fourth-order valence-electron chi connectivity index (χ4n) is 2.79. The standard InChI is InChI=1S/C19H24N4O6S/c1-12(2)6-9-29-16(24)11-15-18(26)20-7-8-22(15)19(30)21-17(25)13-4-3-5-14(10-13)23(27)28/h3-5,10,12,15H,6-9,11H2,1-2H3,(H,20,26)(H,21,25,30). The monoisotopic (exact) mass is 436 g/mol. The molecule has 0 radical (unpaired) electrons. The summed E-state index contributed by atoms with van der Waals surface area (Å²) in [5.41, 5.74) is -0.175. The smallest absolute Gasteiger partial charge is 0.308 e. The molecule has 0 spiro atoms. The summed E-state index contributed by atoms with van der Waals surface area (Å²) in [4.78, 5) is 48.6. The lowest BCUT2D eigenvalue weighted by Gasteiger charge is -2.36. The number of ether oxygens (including phenoxy) is 1. The van der Waals surface area contributed by atoms with Crippen molar-refractivity contribution in [3.05, 3.63) is 39.9 Å². The van der Waals surface area contributed by atoms with Gasteiger partial charge >= 0.3 is 5.97 Å². The summed E-state index contributed by atoms with van der Waals surface area (Å²) in [6, 6.07) is 4.29. The van der Waals surface area contributed by atoms with E-state index in [2.05, 4.69) is 10.6 Å². The van der Waals surface area contributed by atoms with Gasteiger partial charge in [-0.2, -0.15) is 0 Å². The van der Waals surface area contributed by atoms with Crippen LogP contribution in [0.5, 0.6) is 0 Å². The molecule has 1 aromatic rings. The molecule has 0 saturated carbocycles. The molecule has 1 heterocycles. The number of nitro benzene ring substituents is 1. The summed E-state index contributed by atoms with van der Waals surface area (Å²) >= 11 is 5.27. The predicted molar refractivity (Wildman–Crippen MR) is 112 cm³/mol. The van der Waals surface area contributed by atoms with Gasteiger partial charge in [0.15, 0.2) is 5.11 Å². The van der Waals surface area contributed by atoms with Gasteiger partial charge in [-0.3, -0.25) is 29.8 Å². The molecule has 1 fully saturated rings. The average molecular weight is 436 g/mol. The summed E-state index contributed by atoms with van der Waals surface area (Å²) in [6.07, 6.45) is 0.501. The Balaban J connectivity index is 2.03. The van der Waals surface area contributed by atoms with Crippen LogP contribution in [0.25, 0.3) is 0 Å². The maximum atomic E-state index is 12.4. The van der Waals surface area contributed by atoms with Crippen LogP contribution in [0.2, 0.25) is 0 Å². The molecule has 2 rings (SSSR count). The first kappa shape index (κ1) is 23.2. The van der Waals surface area contributed by atoms with Crippen molar-refractivity contribution >= 4 is 40.8 Å². The minimum atomic E-state index is -0.914. The van der Waals surface area contributed by atoms with E-state index in [1.165, 1.54) is 23.1 Å². The maximum absolute atomic E-state index is 12.4. The number of benzene rings is 1. The summed E-state index contributed by atoms with van der Waals surface area (Å²) in [6.45, 7) is 4.87. The molecule has 162 valence electrons. The van der Waals surface area contributed by atoms with Gasteiger partial charge in [-0.25, -0.2) is 0 Å². The Labute approximate surface area is 179 Å². The van der Waals surface area contributed by atoms with Crippen molar-refractivity contribution in [2.45, 2.75) is 32.7 Å². The minimum Gasteiger partial charge on any atom is -0.466 e. The van der Waals surface area contributed by atoms with Crippen LogP contribution < -0.4 is 10.6 Å². The van der Waals surface area contributed by atoms with Gasteiger partial charge < -0.3 is 15.0 Å². The van der Waals surface area contributed by atoms with Crippen molar-refractivity contribution < 1.29 is 24.0 Å². The number of carbonyl (C=O) groups is 3. The van der Waals surface area contributed by atoms with E-state index < -0.39 is 28.7 Å². The van der Waals surface area contributed by atoms with Crippen molar-refractivity contribution in [1.82, 2.24) is 15.5 Å². The number of nitrogens with zero attached hydrogens (tertiary/aromatic N) is 2. The van der Waals surface area contributed by atoms with Gasteiger partial charge in [0, 0.05) is 30.8 Å². The molecular formula is C19H24N4O6S. The van der Waals surface area contributed by atoms with E-state index in [1.807, 2.05) is 13.8 Å². The molecule has 1 saturated heterocycles. The normalized spacial score (nSPS) is 16.0. The third-order valence-corrected chi connectivity index (χ3v) is 4.79. The number of hydrogen-bond acceptors (Lipinski definition) is 7. The van der Waals surface area contributed by atoms with Crippen LogP contribution >= 0.6 is 12.2 Å². The molecule has 10 nitrogen and oxygen atoms in total. The average Bonchev–Trinajstić information content (AvgIpc) is 2.69. The molecule has 0 aliphatic carbocycles. The van der Waals surface area contributed by atoms with Crippen LogP contribution in [0.4, 0.5) is 5.69 Å². The number of thiocarbonyl (C=S) groups is 1. The van der Waals surface area contributed by atoms with Crippen molar-refractivity contribution in [3.63, 3.8) is 0 Å². The number of hydrogen-bond donors (Lipinski definition) is 2. The molecule has 2 N–H and O–H groups in total. The van der Waals surface area contributed by atoms with Crippen LogP contribution in [0.3, 0.4) is 0 Å². The second kappa shape index (κ2) is 10.6. The summed E-state index contributed by atoms with van der Waals surface area (Å²) in [5.74, 6) is -1.19. The lowest BCUT2D eigenvalue weighted by atomic mass is 10.1. The number of piperazine rings is 1. The number of nitro groups is 1. The number of esters is 1. The molecule has 2 amide bonds. The number of amides is 2. The summed E-state index contributed by atoms with van der Waals surface area (Å²) in [5, 5.41) is 16.0. The zero-order valence-corrected chi connectivity index (χ0v) is 17.6. The number of nitrogens with one attached hydrogen (secondary N) is 2. The van der Waals surface area contributed by atoms with Gasteiger partial charge in [0.05, 0.1) is 18.0 Å². The first-order valence-corrected chi connectivity index (χ1v) is 9.89. The SMILES string of the molecule is CC(C)CCOC(=O)CC1C(=O)NCCN1C(=S)NC(=O)c1cccc([N+](=O)[O-])c1. The lowest BCUT2D eigenvalue weighted by Crippen LogP contribution is -2.60. The van der Waals surface area contributed by atoms with E-state index in [0.29, 0.717) is 25.4 Å². The highest BCUT2D eigenvalue weighted by atomic mass is 32.1. The van der Waals surface area contributed by atoms with E-state index in [1.54, 1.807) is 0 Å². The van der Waals surface area contributed by atoms with Gasteiger partial charge in [0.2, 0.25) is 5.91 Å². The molecule has 1 aromatic carbocycles. The van der Waals surface area contributed by atoms with Gasteiger partial charge in [-0.15, -0.1) is 0 Å². The highest BCUT2D eigenvalue weighted by molar-refractivity contribution is 7.80. The molecular weight excluding hydrogens is 412 g/mol. The Kier molecular flexibility index (Phi) is 8.22. The molecule has 1 unspecified atom stereocenters. The largest absolute Gasteiger partial charge is 0.466 e. The van der Waals surface area contributed by atoms with Crippen LogP contribution in [0, 0.1) is 16.0 Å². The highest BCUT2D eigenvalue weighted by Gasteiger charge is 2.34. The first-order chi connectivity index (χ1) is 14.2. The van der Waals surface area contributed by atoms with Crippen molar-refractivity contribution in [1.29, 1.82) is 0 Å². The zero-order chi connectivity index (χ0) is 22.3. The molecule has 30 heavy (non-hydrogen) atoms. The second-order valence-corrected chi connectivity index (χ2v) is 7.56. The van der Waals surface area contributed by atoms with Crippen LogP contribution in [-0.2, 0) is 14.3 Å². The topological polar surface area (TPSA) is 131 Å². The Bertz CT molecular complexity index is 844. The molecule has 1 aliphatic rings. The highest BCUT2D eigenvalue weighted by Crippen LogP contribution is 2.14. The van der Waals surface area contributed by atoms with Crippen molar-refractivity contribution in [2.24, 2.45) is 5.92 Å². The quantitative estimate of drug-likeness (QED) is 0.284. The van der Waals surface area contributed by atoms with E-state index in [-0.39, 0.29) is 29.4 Å². The third-order valence-electron chi connectivity index (χ3n) is 4.45. The molecule has 0 bridgehead atoms. The molecule has 11 heteroatoms. The van der Waals surface area contributed by atoms with Crippen LogP contribution in [0.1, 0.15) is 37.0 Å². The summed E-state index contributed by atoms with van der Waals surface area (Å²) in [7, 11) is 0. The third kappa shape index (κ3) is 6.48. The Morgan fingerprint density at radius 2 is 2.17 bits per heavy atom. The fraction of sp³-hybridized carbons (Fsp3) is 0.474. The van der Waals surface area contributed by atoms with Crippen molar-refractivity contribution in [3.8, 4) is 0 Å². The number of rotatable bonds is 7. The van der Waals surface area contributed by atoms with E-state index in [4.69, 9.17) is 17.0 Å². The maximum Gasteiger partial charge on any atom is 0.308 e. The summed E-state index contributed by atoms with van der Waals surface area (Å²) < 4.78 is 5.18. The second-order valence-electron chi connectivity index (χ2n) is 7.17. The number of carbonyl (C=O) groups excluding carboxylic acids is 3. The van der Waals surface area contributed by atoms with Gasteiger partial charge in [-0.1, -0.05) is 19.9 Å². The number of non-ortho nitro benzene ring substituents is 1. The first-order valence-electron chi connectivity index (χ1n) is 9.48. The fourth-order valence-corrected chi connectivity index (χ4v) is 3.10. The Morgan fingerprint density at radius 1 is 1.43 bits per heavy atom. The Morgan fingerprint density at radius 3 is 2.83 bits per heavy atom. The minimum absolute atomic E-state index is 0.0404. The van der Waals surface area contributed by atoms with Gasteiger partial charge in [0.25, 0.3) is 11.6 Å².